The quantitative estimate of drug-likeness (QED) is 0.523. The van der Waals surface area contributed by atoms with Crippen molar-refractivity contribution < 1.29 is 24.2 Å². The lowest BCUT2D eigenvalue weighted by Crippen LogP contribution is -2.24. The zero-order valence-corrected chi connectivity index (χ0v) is 17.5. The smallest absolute Gasteiger partial charge is 0.411 e. The van der Waals surface area contributed by atoms with Crippen LogP contribution in [0.2, 0.25) is 0 Å². The van der Waals surface area contributed by atoms with Crippen molar-refractivity contribution in [2.45, 2.75) is 5.92 Å². The number of amides is 2. The molecule has 1 aliphatic rings. The second-order valence-electron chi connectivity index (χ2n) is 7.32. The van der Waals surface area contributed by atoms with Gasteiger partial charge in [-0.15, -0.1) is 0 Å². The van der Waals surface area contributed by atoms with Crippen molar-refractivity contribution in [3.63, 3.8) is 0 Å². The van der Waals surface area contributed by atoms with E-state index in [2.05, 4.69) is 28.7 Å². The average molecular weight is 440 g/mol. The van der Waals surface area contributed by atoms with E-state index >= 15 is 0 Å². The van der Waals surface area contributed by atoms with Crippen molar-refractivity contribution in [3.8, 4) is 23.0 Å². The van der Waals surface area contributed by atoms with Gasteiger partial charge < -0.3 is 15.2 Å². The number of carbonyl (C=O) groups is 3. The van der Waals surface area contributed by atoms with Crippen LogP contribution in [0.25, 0.3) is 11.1 Å². The highest BCUT2D eigenvalue weighted by Gasteiger charge is 2.29. The number of fused-ring (bicyclic) bond motifs is 3. The van der Waals surface area contributed by atoms with Crippen LogP contribution >= 0.6 is 0 Å². The van der Waals surface area contributed by atoms with Gasteiger partial charge in [0.2, 0.25) is 0 Å². The van der Waals surface area contributed by atoms with Crippen molar-refractivity contribution in [2.75, 3.05) is 18.5 Å². The molecule has 2 amide bonds. The molecule has 3 aromatic rings. The molecule has 3 N–H and O–H groups in total. The summed E-state index contributed by atoms with van der Waals surface area (Å²) in [6, 6.07) is 22.5. The maximum Gasteiger partial charge on any atom is 0.411 e. The fourth-order valence-corrected chi connectivity index (χ4v) is 3.84. The lowest BCUT2D eigenvalue weighted by molar-refractivity contribution is -0.130. The van der Waals surface area contributed by atoms with E-state index in [1.165, 1.54) is 6.07 Å². The summed E-state index contributed by atoms with van der Waals surface area (Å²) >= 11 is 0. The van der Waals surface area contributed by atoms with Crippen LogP contribution < -0.4 is 10.6 Å². The fourth-order valence-electron chi connectivity index (χ4n) is 3.84. The van der Waals surface area contributed by atoms with Gasteiger partial charge in [-0.25, -0.2) is 9.59 Å². The third kappa shape index (κ3) is 5.02. The van der Waals surface area contributed by atoms with Crippen LogP contribution in [0, 0.1) is 11.8 Å². The average Bonchev–Trinajstić information content (AvgIpc) is 3.14. The SMILES string of the molecule is O=C(O)C#CCNC(=O)c1cccc(NC(=O)OCC2c3ccccc3-c3ccccc32)c1. The Morgan fingerprint density at radius 3 is 2.24 bits per heavy atom. The van der Waals surface area contributed by atoms with E-state index in [-0.39, 0.29) is 19.1 Å². The Hall–Kier alpha value is -4.57. The second-order valence-corrected chi connectivity index (χ2v) is 7.32. The van der Waals surface area contributed by atoms with Gasteiger partial charge in [0, 0.05) is 23.1 Å². The zero-order valence-electron chi connectivity index (χ0n) is 17.5. The molecule has 3 aromatic carbocycles. The summed E-state index contributed by atoms with van der Waals surface area (Å²) in [4.78, 5) is 35.0. The molecule has 0 heterocycles. The lowest BCUT2D eigenvalue weighted by Gasteiger charge is -2.15. The third-order valence-corrected chi connectivity index (χ3v) is 5.25. The first kappa shape index (κ1) is 21.7. The Kier molecular flexibility index (Phi) is 6.37. The maximum absolute atomic E-state index is 12.4. The minimum absolute atomic E-state index is 0.0489. The Morgan fingerprint density at radius 2 is 1.58 bits per heavy atom. The Balaban J connectivity index is 1.37. The van der Waals surface area contributed by atoms with Crippen LogP contribution in [0.4, 0.5) is 10.5 Å². The number of carboxylic acids is 1. The summed E-state index contributed by atoms with van der Waals surface area (Å²) in [5, 5.41) is 13.6. The molecular formula is C26H20N2O5. The minimum Gasteiger partial charge on any atom is -0.472 e. The van der Waals surface area contributed by atoms with Crippen molar-refractivity contribution in [2.24, 2.45) is 0 Å². The van der Waals surface area contributed by atoms with Gasteiger partial charge in [-0.3, -0.25) is 10.1 Å². The van der Waals surface area contributed by atoms with Crippen LogP contribution in [-0.4, -0.2) is 36.2 Å². The van der Waals surface area contributed by atoms with E-state index in [4.69, 9.17) is 9.84 Å². The molecule has 0 saturated carbocycles. The first-order valence-corrected chi connectivity index (χ1v) is 10.2. The second kappa shape index (κ2) is 9.71. The van der Waals surface area contributed by atoms with E-state index in [0.29, 0.717) is 11.3 Å². The number of benzene rings is 3. The molecule has 0 atom stereocenters. The molecule has 33 heavy (non-hydrogen) atoms. The molecule has 0 radical (unpaired) electrons. The first-order chi connectivity index (χ1) is 16.0. The molecule has 0 saturated heterocycles. The Bertz CT molecular complexity index is 1240. The molecule has 0 unspecified atom stereocenters. The fraction of sp³-hybridized carbons (Fsp3) is 0.115. The normalized spacial score (nSPS) is 11.4. The highest BCUT2D eigenvalue weighted by atomic mass is 16.5. The predicted molar refractivity (Wildman–Crippen MR) is 123 cm³/mol. The minimum atomic E-state index is -1.27. The summed E-state index contributed by atoms with van der Waals surface area (Å²) in [6.45, 7) is 0.0808. The van der Waals surface area contributed by atoms with Gasteiger partial charge in [0.15, 0.2) is 0 Å². The standard InChI is InChI=1S/C26H20N2O5/c29-24(30)13-6-14-27-25(31)17-7-5-8-18(15-17)28-26(32)33-16-23-21-11-3-1-9-19(21)20-10-2-4-12-22(20)23/h1-5,7-12,15,23H,14,16H2,(H,27,31)(H,28,32)(H,29,30). The Morgan fingerprint density at radius 1 is 0.909 bits per heavy atom. The summed E-state index contributed by atoms with van der Waals surface area (Å²) < 4.78 is 5.52. The van der Waals surface area contributed by atoms with E-state index < -0.39 is 18.0 Å². The first-order valence-electron chi connectivity index (χ1n) is 10.2. The van der Waals surface area contributed by atoms with E-state index in [1.54, 1.807) is 18.2 Å². The van der Waals surface area contributed by atoms with Gasteiger partial charge in [0.05, 0.1) is 6.54 Å². The number of rotatable bonds is 5. The summed E-state index contributed by atoms with van der Waals surface area (Å²) in [6.07, 6.45) is -0.623. The maximum atomic E-state index is 12.4. The Labute approximate surface area is 190 Å². The number of carbonyl (C=O) groups excluding carboxylic acids is 2. The number of carboxylic acid groups (broad SMARTS) is 1. The van der Waals surface area contributed by atoms with Gasteiger partial charge in [-0.05, 0) is 40.5 Å². The third-order valence-electron chi connectivity index (χ3n) is 5.25. The molecule has 0 spiro atoms. The van der Waals surface area contributed by atoms with Crippen molar-refractivity contribution in [3.05, 3.63) is 89.5 Å². The molecule has 164 valence electrons. The lowest BCUT2D eigenvalue weighted by atomic mass is 9.98. The van der Waals surface area contributed by atoms with Gasteiger partial charge in [-0.1, -0.05) is 60.5 Å². The van der Waals surface area contributed by atoms with Crippen LogP contribution in [0.5, 0.6) is 0 Å². The van der Waals surface area contributed by atoms with Crippen molar-refractivity contribution in [1.82, 2.24) is 5.32 Å². The van der Waals surface area contributed by atoms with E-state index in [9.17, 15) is 14.4 Å². The number of hydrogen-bond acceptors (Lipinski definition) is 4. The molecule has 7 nitrogen and oxygen atoms in total. The highest BCUT2D eigenvalue weighted by Crippen LogP contribution is 2.44. The summed E-state index contributed by atoms with van der Waals surface area (Å²) in [5.41, 5.74) is 5.23. The van der Waals surface area contributed by atoms with E-state index in [1.807, 2.05) is 42.3 Å². The monoisotopic (exact) mass is 440 g/mol. The van der Waals surface area contributed by atoms with Gasteiger partial charge in [0.1, 0.15) is 6.61 Å². The number of nitrogens with one attached hydrogen (secondary N) is 2. The van der Waals surface area contributed by atoms with Crippen molar-refractivity contribution in [1.29, 1.82) is 0 Å². The van der Waals surface area contributed by atoms with Gasteiger partial charge in [-0.2, -0.15) is 0 Å². The van der Waals surface area contributed by atoms with Crippen LogP contribution in [0.3, 0.4) is 0 Å². The van der Waals surface area contributed by atoms with Gasteiger partial charge in [0.25, 0.3) is 5.91 Å². The molecule has 1 aliphatic carbocycles. The highest BCUT2D eigenvalue weighted by molar-refractivity contribution is 5.96. The number of hydrogen-bond donors (Lipinski definition) is 3. The summed E-state index contributed by atoms with van der Waals surface area (Å²) in [7, 11) is 0. The molecule has 0 aromatic heterocycles. The van der Waals surface area contributed by atoms with Gasteiger partial charge >= 0.3 is 12.1 Å². The van der Waals surface area contributed by atoms with E-state index in [0.717, 1.165) is 22.3 Å². The number of ether oxygens (including phenoxy) is 1. The topological polar surface area (TPSA) is 105 Å². The number of anilines is 1. The molecule has 4 rings (SSSR count). The molecule has 0 aliphatic heterocycles. The molecule has 0 fully saturated rings. The molecule has 7 heteroatoms. The van der Waals surface area contributed by atoms with Crippen LogP contribution in [-0.2, 0) is 9.53 Å². The molecular weight excluding hydrogens is 420 g/mol. The number of aliphatic carboxylic acids is 1. The van der Waals surface area contributed by atoms with Crippen LogP contribution in [0.1, 0.15) is 27.4 Å². The summed E-state index contributed by atoms with van der Waals surface area (Å²) in [5.74, 6) is 2.48. The van der Waals surface area contributed by atoms with Crippen LogP contribution in [0.15, 0.2) is 72.8 Å². The zero-order chi connectivity index (χ0) is 23.2. The predicted octanol–water partition coefficient (Wildman–Crippen LogP) is 3.87. The largest absolute Gasteiger partial charge is 0.472 e. The molecule has 0 bridgehead atoms. The van der Waals surface area contributed by atoms with Crippen molar-refractivity contribution >= 4 is 23.7 Å².